The summed E-state index contributed by atoms with van der Waals surface area (Å²) >= 11 is 0. The number of rotatable bonds is 4. The largest absolute Gasteiger partial charge is 0.365 e. The topological polar surface area (TPSA) is 140 Å². The fourth-order valence-corrected chi connectivity index (χ4v) is 3.69. The molecular weight excluding hydrogens is 374 g/mol. The Morgan fingerprint density at radius 1 is 1.28 bits per heavy atom. The van der Waals surface area contributed by atoms with Gasteiger partial charge < -0.3 is 16.0 Å². The van der Waals surface area contributed by atoms with E-state index in [1.165, 1.54) is 17.0 Å². The minimum absolute atomic E-state index is 0.139. The number of amides is 2. The second-order valence-corrected chi connectivity index (χ2v) is 7.02. The van der Waals surface area contributed by atoms with Crippen LogP contribution in [0, 0.1) is 0 Å². The van der Waals surface area contributed by atoms with E-state index >= 15 is 0 Å². The lowest BCUT2D eigenvalue weighted by Gasteiger charge is -2.26. The van der Waals surface area contributed by atoms with E-state index in [2.05, 4.69) is 15.3 Å². The number of hydrogen-bond acceptors (Lipinski definition) is 5. The first-order valence-corrected chi connectivity index (χ1v) is 9.23. The average molecular weight is 393 g/mol. The van der Waals surface area contributed by atoms with Crippen molar-refractivity contribution < 1.29 is 9.59 Å². The molecule has 3 aromatic rings. The van der Waals surface area contributed by atoms with E-state index in [4.69, 9.17) is 5.73 Å². The van der Waals surface area contributed by atoms with Gasteiger partial charge in [-0.3, -0.25) is 23.7 Å². The molecule has 0 spiro atoms. The fraction of sp³-hybridized carbons (Fsp3) is 0.250. The molecule has 2 aromatic heterocycles. The summed E-state index contributed by atoms with van der Waals surface area (Å²) in [6, 6.07) is 7.99. The maximum Gasteiger partial charge on any atom is 0.261 e. The van der Waals surface area contributed by atoms with Gasteiger partial charge in [-0.1, -0.05) is 12.1 Å². The van der Waals surface area contributed by atoms with Crippen LogP contribution in [0.1, 0.15) is 40.5 Å². The highest BCUT2D eigenvalue weighted by molar-refractivity contribution is 5.92. The van der Waals surface area contributed by atoms with E-state index in [0.29, 0.717) is 35.0 Å². The number of nitrogens with zero attached hydrogens (tertiary/aromatic N) is 2. The van der Waals surface area contributed by atoms with Gasteiger partial charge in [0, 0.05) is 5.69 Å². The Morgan fingerprint density at radius 3 is 2.86 bits per heavy atom. The number of aromatic nitrogens is 3. The van der Waals surface area contributed by atoms with Gasteiger partial charge >= 0.3 is 0 Å². The quantitative estimate of drug-likeness (QED) is 0.588. The molecule has 0 saturated heterocycles. The highest BCUT2D eigenvalue weighted by atomic mass is 16.2. The van der Waals surface area contributed by atoms with Gasteiger partial charge in [-0.15, -0.1) is 0 Å². The lowest BCUT2D eigenvalue weighted by molar-refractivity contribution is -0.122. The summed E-state index contributed by atoms with van der Waals surface area (Å²) < 4.78 is 1.25. The van der Waals surface area contributed by atoms with Crippen LogP contribution < -0.4 is 22.2 Å². The third-order valence-corrected chi connectivity index (χ3v) is 5.10. The molecule has 1 aliphatic carbocycles. The number of para-hydroxylation sites is 1. The van der Waals surface area contributed by atoms with Gasteiger partial charge in [0.15, 0.2) is 0 Å². The standard InChI is InChI=1S/C20H19N5O4/c21-18(27)13-8-12-15(6-3-7-16(12)24-19(13)28)23-17(26)9-25-10-22-14-5-2-1-4-11(14)20(25)29/h1-2,4-5,8,10,15H,3,6-7,9H2,(H2,21,27)(H,23,26)(H,24,28). The number of hydrogen-bond donors (Lipinski definition) is 3. The van der Waals surface area contributed by atoms with Crippen molar-refractivity contribution in [1.82, 2.24) is 19.9 Å². The number of aryl methyl sites for hydroxylation is 1. The molecule has 1 aliphatic rings. The fourth-order valence-electron chi connectivity index (χ4n) is 3.69. The summed E-state index contributed by atoms with van der Waals surface area (Å²) in [6.45, 7) is -0.186. The molecule has 0 bridgehead atoms. The van der Waals surface area contributed by atoms with Crippen LogP contribution in [0.15, 0.2) is 46.2 Å². The summed E-state index contributed by atoms with van der Waals surface area (Å²) in [4.78, 5) is 55.5. The summed E-state index contributed by atoms with van der Waals surface area (Å²) in [6.07, 6.45) is 3.40. The first-order chi connectivity index (χ1) is 13.9. The van der Waals surface area contributed by atoms with Gasteiger partial charge in [-0.25, -0.2) is 4.98 Å². The Morgan fingerprint density at radius 2 is 2.07 bits per heavy atom. The predicted molar refractivity (Wildman–Crippen MR) is 105 cm³/mol. The van der Waals surface area contributed by atoms with Crippen molar-refractivity contribution in [2.24, 2.45) is 5.73 Å². The molecular formula is C20H19N5O4. The Bertz CT molecular complexity index is 1240. The first kappa shape index (κ1) is 18.6. The number of primary amides is 1. The Balaban J connectivity index is 1.58. The van der Waals surface area contributed by atoms with E-state index in [1.54, 1.807) is 24.3 Å². The third kappa shape index (κ3) is 3.54. The summed E-state index contributed by atoms with van der Waals surface area (Å²) in [5.41, 5.74) is 6.22. The zero-order valence-corrected chi connectivity index (χ0v) is 15.5. The highest BCUT2D eigenvalue weighted by Gasteiger charge is 2.25. The molecule has 0 fully saturated rings. The van der Waals surface area contributed by atoms with Gasteiger partial charge in [0.1, 0.15) is 12.1 Å². The summed E-state index contributed by atoms with van der Waals surface area (Å²) in [7, 11) is 0. The third-order valence-electron chi connectivity index (χ3n) is 5.10. The molecule has 0 aliphatic heterocycles. The molecule has 9 heteroatoms. The molecule has 148 valence electrons. The van der Waals surface area contributed by atoms with Crippen molar-refractivity contribution >= 4 is 22.7 Å². The smallest absolute Gasteiger partial charge is 0.261 e. The van der Waals surface area contributed by atoms with Crippen LogP contribution in [-0.4, -0.2) is 26.3 Å². The van der Waals surface area contributed by atoms with Crippen LogP contribution >= 0.6 is 0 Å². The molecule has 9 nitrogen and oxygen atoms in total. The van der Waals surface area contributed by atoms with Crippen LogP contribution in [0.4, 0.5) is 0 Å². The first-order valence-electron chi connectivity index (χ1n) is 9.23. The van der Waals surface area contributed by atoms with Crippen molar-refractivity contribution in [2.75, 3.05) is 0 Å². The highest BCUT2D eigenvalue weighted by Crippen LogP contribution is 2.28. The Labute approximate surface area is 164 Å². The SMILES string of the molecule is NC(=O)c1cc2c([nH]c1=O)CCCC2NC(=O)Cn1cnc2ccccc2c1=O. The molecule has 29 heavy (non-hydrogen) atoms. The number of H-pyrrole nitrogens is 1. The van der Waals surface area contributed by atoms with Crippen LogP contribution in [0.5, 0.6) is 0 Å². The number of aromatic amines is 1. The maximum absolute atomic E-state index is 12.6. The summed E-state index contributed by atoms with van der Waals surface area (Å²) in [5.74, 6) is -1.19. The summed E-state index contributed by atoms with van der Waals surface area (Å²) in [5, 5.41) is 3.32. The minimum atomic E-state index is -0.821. The second-order valence-electron chi connectivity index (χ2n) is 7.02. The maximum atomic E-state index is 12.6. The number of pyridine rings is 1. The van der Waals surface area contributed by atoms with Crippen LogP contribution in [0.25, 0.3) is 10.9 Å². The van der Waals surface area contributed by atoms with Gasteiger partial charge in [0.25, 0.3) is 17.0 Å². The molecule has 2 heterocycles. The van der Waals surface area contributed by atoms with Gasteiger partial charge in [-0.05, 0) is 43.0 Å². The lowest BCUT2D eigenvalue weighted by Crippen LogP contribution is -2.37. The van der Waals surface area contributed by atoms with E-state index in [9.17, 15) is 19.2 Å². The lowest BCUT2D eigenvalue weighted by atomic mass is 9.90. The van der Waals surface area contributed by atoms with Crippen LogP contribution in [0.2, 0.25) is 0 Å². The molecule has 1 aromatic carbocycles. The van der Waals surface area contributed by atoms with Crippen molar-refractivity contribution in [1.29, 1.82) is 0 Å². The molecule has 2 amide bonds. The molecule has 0 radical (unpaired) electrons. The monoisotopic (exact) mass is 393 g/mol. The van der Waals surface area contributed by atoms with E-state index in [1.807, 2.05) is 0 Å². The molecule has 0 saturated carbocycles. The van der Waals surface area contributed by atoms with Crippen LogP contribution in [-0.2, 0) is 17.8 Å². The van der Waals surface area contributed by atoms with Gasteiger partial charge in [-0.2, -0.15) is 0 Å². The van der Waals surface area contributed by atoms with E-state index < -0.39 is 11.5 Å². The molecule has 1 atom stereocenters. The normalized spacial score (nSPS) is 15.7. The minimum Gasteiger partial charge on any atom is -0.365 e. The predicted octanol–water partition coefficient (Wildman–Crippen LogP) is 0.377. The Kier molecular flexibility index (Phi) is 4.71. The number of carbonyl (C=O) groups excluding carboxylic acids is 2. The van der Waals surface area contributed by atoms with E-state index in [0.717, 1.165) is 6.42 Å². The Hall–Kier alpha value is -3.75. The van der Waals surface area contributed by atoms with Gasteiger partial charge in [0.05, 0.1) is 23.3 Å². The number of nitrogens with two attached hydrogens (primary N) is 1. The molecule has 1 unspecified atom stereocenters. The van der Waals surface area contributed by atoms with Crippen molar-refractivity contribution in [3.63, 3.8) is 0 Å². The van der Waals surface area contributed by atoms with Crippen molar-refractivity contribution in [3.8, 4) is 0 Å². The number of fused-ring (bicyclic) bond motifs is 2. The van der Waals surface area contributed by atoms with Gasteiger partial charge in [0.2, 0.25) is 5.91 Å². The second kappa shape index (κ2) is 7.34. The average Bonchev–Trinajstić information content (AvgIpc) is 2.70. The zero-order chi connectivity index (χ0) is 20.5. The number of benzene rings is 1. The molecule has 4 N–H and O–H groups in total. The van der Waals surface area contributed by atoms with Crippen LogP contribution in [0.3, 0.4) is 0 Å². The van der Waals surface area contributed by atoms with Crippen molar-refractivity contribution in [3.05, 3.63) is 74.2 Å². The van der Waals surface area contributed by atoms with E-state index in [-0.39, 0.29) is 29.6 Å². The number of carbonyl (C=O) groups is 2. The van der Waals surface area contributed by atoms with Crippen molar-refractivity contribution in [2.45, 2.75) is 31.8 Å². The number of nitrogens with one attached hydrogen (secondary N) is 2. The zero-order valence-electron chi connectivity index (χ0n) is 15.5. The molecule has 4 rings (SSSR count).